The molecule has 0 aliphatic carbocycles. The van der Waals surface area contributed by atoms with Crippen LogP contribution in [0.5, 0.6) is 0 Å². The molecule has 7 nitrogen and oxygen atoms in total. The number of hydrogen-bond acceptors (Lipinski definition) is 5. The number of hydrogen-bond donors (Lipinski definition) is 2. The second kappa shape index (κ2) is 7.38. The number of aromatic nitrogens is 3. The van der Waals surface area contributed by atoms with Crippen molar-refractivity contribution >= 4 is 44.5 Å². The molecule has 0 aliphatic heterocycles. The van der Waals surface area contributed by atoms with Gasteiger partial charge in [-0.25, -0.2) is 17.9 Å². The Morgan fingerprint density at radius 2 is 1.93 bits per heavy atom. The summed E-state index contributed by atoms with van der Waals surface area (Å²) in [5.41, 5.74) is 4.51. The molecular formula is C20H18ClN5O2S. The number of nitrogens with zero attached hydrogens (tertiary/aromatic N) is 3. The molecule has 0 atom stereocenters. The van der Waals surface area contributed by atoms with Crippen molar-refractivity contribution in [3.05, 3.63) is 71.5 Å². The molecule has 0 radical (unpaired) electrons. The van der Waals surface area contributed by atoms with Crippen LogP contribution in [0.25, 0.3) is 16.8 Å². The van der Waals surface area contributed by atoms with E-state index in [1.54, 1.807) is 22.8 Å². The molecule has 29 heavy (non-hydrogen) atoms. The number of fused-ring (bicyclic) bond motifs is 1. The summed E-state index contributed by atoms with van der Waals surface area (Å²) in [5, 5.41) is 8.20. The van der Waals surface area contributed by atoms with Crippen LogP contribution >= 0.6 is 11.6 Å². The highest BCUT2D eigenvalue weighted by molar-refractivity contribution is 7.92. The van der Waals surface area contributed by atoms with Crippen LogP contribution in [0.15, 0.2) is 60.9 Å². The summed E-state index contributed by atoms with van der Waals surface area (Å²) >= 11 is 6.12. The van der Waals surface area contributed by atoms with Crippen molar-refractivity contribution in [3.8, 4) is 11.1 Å². The summed E-state index contributed by atoms with van der Waals surface area (Å²) in [4.78, 5) is 4.67. The summed E-state index contributed by atoms with van der Waals surface area (Å²) in [6.07, 6.45) is 4.68. The minimum absolute atomic E-state index is 0.516. The first-order valence-corrected chi connectivity index (χ1v) is 11.0. The predicted molar refractivity (Wildman–Crippen MR) is 116 cm³/mol. The SMILES string of the molecule is Cc1ccc(Nc2ccn3ncc(-c4cccc(Cl)c4)c3n2)cc1NS(C)(=O)=O. The molecule has 0 unspecified atom stereocenters. The topological polar surface area (TPSA) is 88.4 Å². The summed E-state index contributed by atoms with van der Waals surface area (Å²) in [5.74, 6) is 0.607. The molecule has 0 bridgehead atoms. The lowest BCUT2D eigenvalue weighted by molar-refractivity contribution is 0.607. The van der Waals surface area contributed by atoms with E-state index in [4.69, 9.17) is 11.6 Å². The highest BCUT2D eigenvalue weighted by Crippen LogP contribution is 2.28. The minimum atomic E-state index is -3.37. The highest BCUT2D eigenvalue weighted by Gasteiger charge is 2.11. The molecule has 0 fully saturated rings. The molecule has 9 heteroatoms. The second-order valence-corrected chi connectivity index (χ2v) is 8.86. The fourth-order valence-electron chi connectivity index (χ4n) is 2.96. The van der Waals surface area contributed by atoms with Gasteiger partial charge < -0.3 is 5.32 Å². The van der Waals surface area contributed by atoms with E-state index in [-0.39, 0.29) is 0 Å². The molecule has 0 saturated heterocycles. The van der Waals surface area contributed by atoms with Crippen molar-refractivity contribution in [1.29, 1.82) is 0 Å². The van der Waals surface area contributed by atoms with Crippen LogP contribution in [0.3, 0.4) is 0 Å². The van der Waals surface area contributed by atoms with E-state index >= 15 is 0 Å². The maximum Gasteiger partial charge on any atom is 0.229 e. The Morgan fingerprint density at radius 3 is 2.69 bits per heavy atom. The maximum absolute atomic E-state index is 11.6. The molecule has 2 aromatic heterocycles. The Morgan fingerprint density at radius 1 is 1.10 bits per heavy atom. The van der Waals surface area contributed by atoms with E-state index in [2.05, 4.69) is 20.1 Å². The summed E-state index contributed by atoms with van der Waals surface area (Å²) < 4.78 is 27.4. The second-order valence-electron chi connectivity index (χ2n) is 6.68. The average Bonchev–Trinajstić information content (AvgIpc) is 3.06. The number of halogens is 1. The Kier molecular flexibility index (Phi) is 4.89. The average molecular weight is 428 g/mol. The van der Waals surface area contributed by atoms with Crippen LogP contribution < -0.4 is 10.0 Å². The monoisotopic (exact) mass is 427 g/mol. The van der Waals surface area contributed by atoms with Crippen molar-refractivity contribution in [1.82, 2.24) is 14.6 Å². The molecular weight excluding hydrogens is 410 g/mol. The Hall–Kier alpha value is -3.10. The van der Waals surface area contributed by atoms with E-state index < -0.39 is 10.0 Å². The molecule has 4 rings (SSSR count). The lowest BCUT2D eigenvalue weighted by atomic mass is 10.1. The molecule has 2 heterocycles. The van der Waals surface area contributed by atoms with Gasteiger partial charge in [0.1, 0.15) is 5.82 Å². The van der Waals surface area contributed by atoms with Gasteiger partial charge in [-0.15, -0.1) is 0 Å². The molecule has 148 valence electrons. The van der Waals surface area contributed by atoms with Crippen molar-refractivity contribution in [3.63, 3.8) is 0 Å². The minimum Gasteiger partial charge on any atom is -0.340 e. The van der Waals surface area contributed by atoms with Crippen LogP contribution in [0, 0.1) is 6.92 Å². The quantitative estimate of drug-likeness (QED) is 0.490. The van der Waals surface area contributed by atoms with Crippen LogP contribution in [0.1, 0.15) is 5.56 Å². The third kappa shape index (κ3) is 4.33. The first kappa shape index (κ1) is 19.2. The zero-order valence-electron chi connectivity index (χ0n) is 15.7. The van der Waals surface area contributed by atoms with E-state index in [1.165, 1.54) is 0 Å². The van der Waals surface area contributed by atoms with Gasteiger partial charge in [-0.2, -0.15) is 5.10 Å². The first-order valence-electron chi connectivity index (χ1n) is 8.74. The third-order valence-electron chi connectivity index (χ3n) is 4.31. The molecule has 0 spiro atoms. The van der Waals surface area contributed by atoms with Crippen molar-refractivity contribution in [2.75, 3.05) is 16.3 Å². The standard InChI is InChI=1S/C20H18ClN5O2S/c1-13-6-7-16(11-18(13)25-29(2,27)28)23-19-8-9-26-20(24-19)17(12-22-26)14-4-3-5-15(21)10-14/h3-12,25H,1-2H3,(H,23,24). The van der Waals surface area contributed by atoms with Gasteiger partial charge in [0.25, 0.3) is 0 Å². The van der Waals surface area contributed by atoms with Gasteiger partial charge in [-0.3, -0.25) is 4.72 Å². The number of aryl methyl sites for hydroxylation is 1. The molecule has 2 aromatic carbocycles. The Balaban J connectivity index is 1.69. The fourth-order valence-corrected chi connectivity index (χ4v) is 3.77. The van der Waals surface area contributed by atoms with Crippen molar-refractivity contribution in [2.45, 2.75) is 6.92 Å². The molecule has 0 amide bonds. The molecule has 0 saturated carbocycles. The van der Waals surface area contributed by atoms with Gasteiger partial charge in [-0.05, 0) is 48.4 Å². The van der Waals surface area contributed by atoms with Crippen molar-refractivity contribution < 1.29 is 8.42 Å². The normalized spacial score (nSPS) is 11.6. The van der Waals surface area contributed by atoms with Gasteiger partial charge in [-0.1, -0.05) is 29.8 Å². The summed E-state index contributed by atoms with van der Waals surface area (Å²) in [7, 11) is -3.37. The lowest BCUT2D eigenvalue weighted by Crippen LogP contribution is -2.10. The zero-order chi connectivity index (χ0) is 20.6. The van der Waals surface area contributed by atoms with E-state index in [0.717, 1.165) is 22.9 Å². The number of anilines is 3. The molecule has 4 aromatic rings. The van der Waals surface area contributed by atoms with E-state index in [9.17, 15) is 8.42 Å². The van der Waals surface area contributed by atoms with Crippen molar-refractivity contribution in [2.24, 2.45) is 0 Å². The van der Waals surface area contributed by atoms with Gasteiger partial charge >= 0.3 is 0 Å². The largest absolute Gasteiger partial charge is 0.340 e. The smallest absolute Gasteiger partial charge is 0.229 e. The number of nitrogens with one attached hydrogen (secondary N) is 2. The van der Waals surface area contributed by atoms with Gasteiger partial charge in [0.15, 0.2) is 5.65 Å². The first-order chi connectivity index (χ1) is 13.8. The Labute approximate surface area is 173 Å². The van der Waals surface area contributed by atoms with E-state index in [0.29, 0.717) is 27.9 Å². The van der Waals surface area contributed by atoms with Crippen LogP contribution in [-0.2, 0) is 10.0 Å². The van der Waals surface area contributed by atoms with Crippen LogP contribution in [-0.4, -0.2) is 29.3 Å². The highest BCUT2D eigenvalue weighted by atomic mass is 35.5. The maximum atomic E-state index is 11.6. The lowest BCUT2D eigenvalue weighted by Gasteiger charge is -2.11. The summed E-state index contributed by atoms with van der Waals surface area (Å²) in [6.45, 7) is 1.84. The van der Waals surface area contributed by atoms with Crippen LogP contribution in [0.4, 0.5) is 17.2 Å². The molecule has 2 N–H and O–H groups in total. The number of benzene rings is 2. The summed E-state index contributed by atoms with van der Waals surface area (Å²) in [6, 6.07) is 14.7. The number of rotatable bonds is 5. The fraction of sp³-hybridized carbons (Fsp3) is 0.100. The zero-order valence-corrected chi connectivity index (χ0v) is 17.3. The molecule has 0 aliphatic rings. The Bertz CT molecular complexity index is 1320. The predicted octanol–water partition coefficient (Wildman–Crippen LogP) is 4.47. The van der Waals surface area contributed by atoms with Crippen LogP contribution in [0.2, 0.25) is 5.02 Å². The number of sulfonamides is 1. The third-order valence-corrected chi connectivity index (χ3v) is 5.14. The van der Waals surface area contributed by atoms with Gasteiger partial charge in [0.05, 0.1) is 18.1 Å². The van der Waals surface area contributed by atoms with Gasteiger partial charge in [0.2, 0.25) is 10.0 Å². The van der Waals surface area contributed by atoms with Gasteiger partial charge in [0, 0.05) is 22.5 Å². The van der Waals surface area contributed by atoms with E-state index in [1.807, 2.05) is 49.5 Å².